The van der Waals surface area contributed by atoms with Crippen molar-refractivity contribution in [1.29, 1.82) is 0 Å². The van der Waals surface area contributed by atoms with Crippen molar-refractivity contribution < 1.29 is 9.47 Å². The molecule has 0 N–H and O–H groups in total. The van der Waals surface area contributed by atoms with Crippen molar-refractivity contribution >= 4 is 0 Å². The van der Waals surface area contributed by atoms with E-state index >= 15 is 0 Å². The molecule has 0 aliphatic heterocycles. The summed E-state index contributed by atoms with van der Waals surface area (Å²) >= 11 is 0. The van der Waals surface area contributed by atoms with Gasteiger partial charge in [-0.3, -0.25) is 0 Å². The molecule has 13 heavy (non-hydrogen) atoms. The molecule has 71 valence electrons. The van der Waals surface area contributed by atoms with Gasteiger partial charge in [0.05, 0.1) is 13.2 Å². The lowest BCUT2D eigenvalue weighted by Crippen LogP contribution is -1.95. The predicted molar refractivity (Wildman–Crippen MR) is 53.2 cm³/mol. The number of ether oxygens (including phenoxy) is 2. The molecule has 0 heterocycles. The average Bonchev–Trinajstić information content (AvgIpc) is 2.04. The van der Waals surface area contributed by atoms with E-state index in [9.17, 15) is 0 Å². The van der Waals surface area contributed by atoms with E-state index < -0.39 is 0 Å². The van der Waals surface area contributed by atoms with Gasteiger partial charge in [-0.25, -0.2) is 0 Å². The van der Waals surface area contributed by atoms with Gasteiger partial charge >= 0.3 is 0 Å². The summed E-state index contributed by atoms with van der Waals surface area (Å²) in [4.78, 5) is 0. The Morgan fingerprint density at radius 3 is 1.85 bits per heavy atom. The molecule has 0 saturated heterocycles. The van der Waals surface area contributed by atoms with Gasteiger partial charge in [0.2, 0.25) is 0 Å². The average molecular weight is 179 g/mol. The Bertz CT molecular complexity index is 245. The fourth-order valence-electron chi connectivity index (χ4n) is 1.13. The zero-order valence-electron chi connectivity index (χ0n) is 8.17. The molecule has 0 fully saturated rings. The van der Waals surface area contributed by atoms with Crippen molar-refractivity contribution in [3.05, 3.63) is 30.7 Å². The molecule has 0 bridgehead atoms. The Morgan fingerprint density at radius 2 is 1.46 bits per heavy atom. The van der Waals surface area contributed by atoms with E-state index in [1.165, 1.54) is 0 Å². The van der Waals surface area contributed by atoms with Crippen LogP contribution in [0.3, 0.4) is 0 Å². The van der Waals surface area contributed by atoms with Gasteiger partial charge < -0.3 is 9.47 Å². The van der Waals surface area contributed by atoms with Crippen LogP contribution in [0.4, 0.5) is 0 Å². The van der Waals surface area contributed by atoms with E-state index in [0.717, 1.165) is 17.1 Å². The second kappa shape index (κ2) is 4.75. The van der Waals surface area contributed by atoms with Gasteiger partial charge in [-0.15, -0.1) is 0 Å². The van der Waals surface area contributed by atoms with Gasteiger partial charge in [0.15, 0.2) is 0 Å². The van der Waals surface area contributed by atoms with Crippen LogP contribution in [0.25, 0.3) is 0 Å². The fourth-order valence-corrected chi connectivity index (χ4v) is 1.13. The molecule has 0 aliphatic carbocycles. The molecule has 2 heteroatoms. The number of hydrogen-bond acceptors (Lipinski definition) is 2. The summed E-state index contributed by atoms with van der Waals surface area (Å²) in [6, 6.07) is 5.67. The molecular formula is C11H15O2. The van der Waals surface area contributed by atoms with Crippen molar-refractivity contribution in [1.82, 2.24) is 0 Å². The van der Waals surface area contributed by atoms with Crippen LogP contribution >= 0.6 is 0 Å². The Hall–Kier alpha value is -1.18. The standard InChI is InChI=1S/C11H15O2/c1-4-12-10-6-9(3)7-11(8-10)13-5-2/h6-8H,3-5H2,1-2H3. The summed E-state index contributed by atoms with van der Waals surface area (Å²) in [5.74, 6) is 1.64. The van der Waals surface area contributed by atoms with Crippen LogP contribution in [0.5, 0.6) is 11.5 Å². The van der Waals surface area contributed by atoms with Crippen molar-refractivity contribution in [2.24, 2.45) is 0 Å². The summed E-state index contributed by atoms with van der Waals surface area (Å²) in [5, 5.41) is 0. The Kier molecular flexibility index (Phi) is 3.62. The molecule has 2 nitrogen and oxygen atoms in total. The highest BCUT2D eigenvalue weighted by Gasteiger charge is 1.98. The minimum absolute atomic E-state index is 0.662. The number of hydrogen-bond donors (Lipinski definition) is 0. The molecule has 1 aromatic carbocycles. The number of rotatable bonds is 4. The van der Waals surface area contributed by atoms with Gasteiger partial charge in [-0.05, 0) is 38.5 Å². The van der Waals surface area contributed by atoms with Gasteiger partial charge in [0.1, 0.15) is 11.5 Å². The third-order valence-electron chi connectivity index (χ3n) is 1.56. The third kappa shape index (κ3) is 2.98. The first-order valence-electron chi connectivity index (χ1n) is 4.49. The van der Waals surface area contributed by atoms with Crippen LogP contribution in [0.2, 0.25) is 0 Å². The van der Waals surface area contributed by atoms with Gasteiger partial charge in [0.25, 0.3) is 0 Å². The molecule has 1 aromatic rings. The lowest BCUT2D eigenvalue weighted by atomic mass is 10.2. The maximum Gasteiger partial charge on any atom is 0.123 e. The Morgan fingerprint density at radius 1 is 1.00 bits per heavy atom. The van der Waals surface area contributed by atoms with Crippen LogP contribution in [0, 0.1) is 6.92 Å². The summed E-state index contributed by atoms with van der Waals surface area (Å²) < 4.78 is 10.7. The zero-order chi connectivity index (χ0) is 9.68. The molecule has 0 aromatic heterocycles. The normalized spacial score (nSPS) is 9.77. The van der Waals surface area contributed by atoms with E-state index in [1.54, 1.807) is 0 Å². The van der Waals surface area contributed by atoms with Crippen LogP contribution < -0.4 is 9.47 Å². The molecule has 0 aliphatic rings. The first-order valence-corrected chi connectivity index (χ1v) is 4.49. The summed E-state index contributed by atoms with van der Waals surface area (Å²) in [6.45, 7) is 9.08. The monoisotopic (exact) mass is 179 g/mol. The number of benzene rings is 1. The van der Waals surface area contributed by atoms with E-state index in [-0.39, 0.29) is 0 Å². The minimum Gasteiger partial charge on any atom is -0.494 e. The zero-order valence-corrected chi connectivity index (χ0v) is 8.17. The SMILES string of the molecule is [CH2]c1cc(OCC)cc(OCC)c1. The topological polar surface area (TPSA) is 18.5 Å². The first kappa shape index (κ1) is 9.90. The largest absolute Gasteiger partial charge is 0.494 e. The highest BCUT2D eigenvalue weighted by molar-refractivity contribution is 5.39. The minimum atomic E-state index is 0.662. The van der Waals surface area contributed by atoms with E-state index in [1.807, 2.05) is 32.0 Å². The predicted octanol–water partition coefficient (Wildman–Crippen LogP) is 2.67. The molecule has 0 atom stereocenters. The van der Waals surface area contributed by atoms with Gasteiger partial charge in [-0.2, -0.15) is 0 Å². The second-order valence-electron chi connectivity index (χ2n) is 2.68. The van der Waals surface area contributed by atoms with E-state index in [2.05, 4.69) is 6.92 Å². The van der Waals surface area contributed by atoms with Crippen LogP contribution in [-0.4, -0.2) is 13.2 Å². The lowest BCUT2D eigenvalue weighted by Gasteiger charge is -2.08. The molecule has 0 amide bonds. The third-order valence-corrected chi connectivity index (χ3v) is 1.56. The molecular weight excluding hydrogens is 164 g/mol. The Labute approximate surface area is 79.5 Å². The highest BCUT2D eigenvalue weighted by Crippen LogP contribution is 2.22. The van der Waals surface area contributed by atoms with Crippen molar-refractivity contribution in [2.45, 2.75) is 13.8 Å². The maximum atomic E-state index is 5.35. The first-order chi connectivity index (χ1) is 6.26. The summed E-state index contributed by atoms with van der Waals surface area (Å²) in [6.07, 6.45) is 0. The Balaban J connectivity index is 2.83. The maximum absolute atomic E-state index is 5.35. The van der Waals surface area contributed by atoms with E-state index in [0.29, 0.717) is 13.2 Å². The lowest BCUT2D eigenvalue weighted by molar-refractivity contribution is 0.323. The van der Waals surface area contributed by atoms with Crippen LogP contribution in [-0.2, 0) is 0 Å². The molecule has 0 unspecified atom stereocenters. The summed E-state index contributed by atoms with van der Waals surface area (Å²) in [5.41, 5.74) is 0.911. The van der Waals surface area contributed by atoms with Crippen molar-refractivity contribution in [3.8, 4) is 11.5 Å². The highest BCUT2D eigenvalue weighted by atomic mass is 16.5. The molecule has 0 saturated carbocycles. The fraction of sp³-hybridized carbons (Fsp3) is 0.364. The van der Waals surface area contributed by atoms with E-state index in [4.69, 9.17) is 9.47 Å². The molecule has 1 rings (SSSR count). The second-order valence-corrected chi connectivity index (χ2v) is 2.68. The smallest absolute Gasteiger partial charge is 0.123 e. The van der Waals surface area contributed by atoms with Gasteiger partial charge in [0, 0.05) is 6.07 Å². The van der Waals surface area contributed by atoms with Crippen molar-refractivity contribution in [3.63, 3.8) is 0 Å². The van der Waals surface area contributed by atoms with Gasteiger partial charge in [-0.1, -0.05) is 0 Å². The molecule has 0 spiro atoms. The van der Waals surface area contributed by atoms with Crippen LogP contribution in [0.15, 0.2) is 18.2 Å². The van der Waals surface area contributed by atoms with Crippen molar-refractivity contribution in [2.75, 3.05) is 13.2 Å². The summed E-state index contributed by atoms with van der Waals surface area (Å²) in [7, 11) is 0. The van der Waals surface area contributed by atoms with Crippen LogP contribution in [0.1, 0.15) is 19.4 Å². The molecule has 1 radical (unpaired) electrons. The quantitative estimate of drug-likeness (QED) is 0.707.